The summed E-state index contributed by atoms with van der Waals surface area (Å²) in [6.45, 7) is 9.10. The number of rotatable bonds is 10. The van der Waals surface area contributed by atoms with Gasteiger partial charge in [0.25, 0.3) is 0 Å². The summed E-state index contributed by atoms with van der Waals surface area (Å²) in [5, 5.41) is 29.2. The van der Waals surface area contributed by atoms with Gasteiger partial charge in [-0.25, -0.2) is 0 Å². The number of carboxylic acids is 1. The molecule has 6 unspecified atom stereocenters. The molecule has 172 valence electrons. The van der Waals surface area contributed by atoms with Crippen LogP contribution in [0.1, 0.15) is 79.1 Å². The first kappa shape index (κ1) is 24.9. The molecule has 0 bridgehead atoms. The van der Waals surface area contributed by atoms with Gasteiger partial charge in [-0.15, -0.1) is 0 Å². The topological polar surface area (TPSA) is 104 Å². The van der Waals surface area contributed by atoms with Crippen LogP contribution in [0, 0.1) is 28.6 Å². The van der Waals surface area contributed by atoms with Crippen molar-refractivity contribution < 1.29 is 29.6 Å². The fraction of sp³-hybridized carbons (Fsp3) is 0.833. The van der Waals surface area contributed by atoms with E-state index in [2.05, 4.69) is 33.8 Å². The summed E-state index contributed by atoms with van der Waals surface area (Å²) in [5.41, 5.74) is 1.05. The lowest BCUT2D eigenvalue weighted by Crippen LogP contribution is -2.57. The molecular weight excluding hydrogens is 384 g/mol. The molecule has 0 amide bonds. The maximum Gasteiger partial charge on any atom is 0.306 e. The van der Waals surface area contributed by atoms with Crippen LogP contribution in [-0.2, 0) is 14.3 Å². The molecular formula is C24H40O6. The third-order valence-electron chi connectivity index (χ3n) is 8.08. The fourth-order valence-electron chi connectivity index (χ4n) is 5.98. The van der Waals surface area contributed by atoms with E-state index in [9.17, 15) is 19.8 Å². The maximum atomic E-state index is 12.1. The second-order valence-electron chi connectivity index (χ2n) is 10.1. The number of aliphatic hydroxyl groups is 2. The number of aliphatic hydroxyl groups excluding tert-OH is 2. The first-order valence-corrected chi connectivity index (χ1v) is 11.4. The zero-order valence-corrected chi connectivity index (χ0v) is 19.0. The van der Waals surface area contributed by atoms with Crippen LogP contribution < -0.4 is 0 Å². The SMILES string of the molecule is CC1=CCCC2C1(C)CC(O)C(COC(=O)CCC(=O)O)C2(C)CCC(C)CCO. The minimum atomic E-state index is -1.02. The summed E-state index contributed by atoms with van der Waals surface area (Å²) in [5.74, 6) is -0.962. The third kappa shape index (κ3) is 5.44. The largest absolute Gasteiger partial charge is 0.481 e. The summed E-state index contributed by atoms with van der Waals surface area (Å²) >= 11 is 0. The van der Waals surface area contributed by atoms with Gasteiger partial charge in [-0.05, 0) is 61.7 Å². The molecule has 1 saturated carbocycles. The van der Waals surface area contributed by atoms with Crippen LogP contribution in [0.3, 0.4) is 0 Å². The van der Waals surface area contributed by atoms with Crippen molar-refractivity contribution in [2.45, 2.75) is 85.2 Å². The van der Waals surface area contributed by atoms with Gasteiger partial charge >= 0.3 is 11.9 Å². The van der Waals surface area contributed by atoms with E-state index >= 15 is 0 Å². The quantitative estimate of drug-likeness (QED) is 0.362. The zero-order chi connectivity index (χ0) is 22.5. The summed E-state index contributed by atoms with van der Waals surface area (Å²) in [4.78, 5) is 22.8. The number of carbonyl (C=O) groups is 2. The third-order valence-corrected chi connectivity index (χ3v) is 8.08. The van der Waals surface area contributed by atoms with Crippen LogP contribution in [-0.4, -0.2) is 46.6 Å². The molecule has 0 heterocycles. The predicted octanol–water partition coefficient (Wildman–Crippen LogP) is 3.94. The molecule has 6 heteroatoms. The number of fused-ring (bicyclic) bond motifs is 1. The number of carboxylic acid groups (broad SMARTS) is 1. The molecule has 6 nitrogen and oxygen atoms in total. The highest BCUT2D eigenvalue weighted by atomic mass is 16.5. The molecule has 6 atom stereocenters. The van der Waals surface area contributed by atoms with Crippen LogP contribution in [0.2, 0.25) is 0 Å². The van der Waals surface area contributed by atoms with Gasteiger partial charge in [0.15, 0.2) is 0 Å². The van der Waals surface area contributed by atoms with Crippen molar-refractivity contribution >= 4 is 11.9 Å². The van der Waals surface area contributed by atoms with Crippen molar-refractivity contribution in [3.05, 3.63) is 11.6 Å². The zero-order valence-electron chi connectivity index (χ0n) is 19.0. The Morgan fingerprint density at radius 3 is 2.60 bits per heavy atom. The first-order chi connectivity index (χ1) is 14.0. The minimum absolute atomic E-state index is 0.0730. The Morgan fingerprint density at radius 2 is 1.97 bits per heavy atom. The maximum absolute atomic E-state index is 12.1. The average Bonchev–Trinajstić information content (AvgIpc) is 2.66. The van der Waals surface area contributed by atoms with Gasteiger partial charge in [0.1, 0.15) is 0 Å². The second kappa shape index (κ2) is 10.3. The van der Waals surface area contributed by atoms with E-state index < -0.39 is 18.0 Å². The highest BCUT2D eigenvalue weighted by Crippen LogP contribution is 2.62. The Balaban J connectivity index is 2.23. The predicted molar refractivity (Wildman–Crippen MR) is 115 cm³/mol. The van der Waals surface area contributed by atoms with Gasteiger partial charge in [-0.2, -0.15) is 0 Å². The fourth-order valence-corrected chi connectivity index (χ4v) is 5.98. The van der Waals surface area contributed by atoms with E-state index in [1.807, 2.05) is 0 Å². The molecule has 0 saturated heterocycles. The number of carbonyl (C=O) groups excluding carboxylic acids is 1. The van der Waals surface area contributed by atoms with Crippen molar-refractivity contribution in [1.82, 2.24) is 0 Å². The van der Waals surface area contributed by atoms with Crippen molar-refractivity contribution in [2.24, 2.45) is 28.6 Å². The molecule has 2 aliphatic rings. The van der Waals surface area contributed by atoms with Crippen molar-refractivity contribution in [3.63, 3.8) is 0 Å². The van der Waals surface area contributed by atoms with Crippen LogP contribution >= 0.6 is 0 Å². The molecule has 2 rings (SSSR count). The van der Waals surface area contributed by atoms with Gasteiger partial charge in [0.05, 0.1) is 25.6 Å². The Bertz CT molecular complexity index is 644. The summed E-state index contributed by atoms with van der Waals surface area (Å²) in [7, 11) is 0. The minimum Gasteiger partial charge on any atom is -0.481 e. The van der Waals surface area contributed by atoms with Crippen LogP contribution in [0.4, 0.5) is 0 Å². The van der Waals surface area contributed by atoms with E-state index in [4.69, 9.17) is 9.84 Å². The standard InChI is InChI=1S/C24H40O6/c1-16(11-13-25)10-12-23(3)18(15-30-22(29)9-8-21(27)28)19(26)14-24(4)17(2)6-5-7-20(23)24/h6,16,18-20,25-26H,5,7-15H2,1-4H3,(H,27,28). The Morgan fingerprint density at radius 1 is 1.27 bits per heavy atom. The Hall–Kier alpha value is -1.40. The van der Waals surface area contributed by atoms with E-state index in [0.29, 0.717) is 18.3 Å². The lowest BCUT2D eigenvalue weighted by atomic mass is 9.46. The number of hydrogen-bond donors (Lipinski definition) is 3. The second-order valence-corrected chi connectivity index (χ2v) is 10.1. The normalized spacial score (nSPS) is 34.6. The van der Waals surface area contributed by atoms with Gasteiger partial charge in [0.2, 0.25) is 0 Å². The lowest BCUT2D eigenvalue weighted by Gasteiger charge is -2.60. The van der Waals surface area contributed by atoms with Gasteiger partial charge < -0.3 is 20.1 Å². The van der Waals surface area contributed by atoms with E-state index in [-0.39, 0.29) is 42.8 Å². The molecule has 0 aromatic rings. The number of aliphatic carboxylic acids is 1. The number of ether oxygens (including phenoxy) is 1. The van der Waals surface area contributed by atoms with Gasteiger partial charge in [-0.3, -0.25) is 9.59 Å². The highest BCUT2D eigenvalue weighted by molar-refractivity contribution is 5.76. The molecule has 3 N–H and O–H groups in total. The number of allylic oxidation sites excluding steroid dienone is 2. The van der Waals surface area contributed by atoms with Crippen LogP contribution in [0.15, 0.2) is 11.6 Å². The van der Waals surface area contributed by atoms with E-state index in [1.54, 1.807) is 0 Å². The molecule has 0 spiro atoms. The highest BCUT2D eigenvalue weighted by Gasteiger charge is 2.57. The van der Waals surface area contributed by atoms with E-state index in [1.165, 1.54) is 5.57 Å². The van der Waals surface area contributed by atoms with Crippen molar-refractivity contribution in [3.8, 4) is 0 Å². The lowest BCUT2D eigenvalue weighted by molar-refractivity contribution is -0.165. The molecule has 30 heavy (non-hydrogen) atoms. The summed E-state index contributed by atoms with van der Waals surface area (Å²) in [6.07, 6.45) is 6.65. The van der Waals surface area contributed by atoms with E-state index in [0.717, 1.165) is 32.1 Å². The van der Waals surface area contributed by atoms with Crippen LogP contribution in [0.5, 0.6) is 0 Å². The number of esters is 1. The molecule has 0 radical (unpaired) electrons. The molecule has 0 aliphatic heterocycles. The van der Waals surface area contributed by atoms with Gasteiger partial charge in [-0.1, -0.05) is 38.8 Å². The van der Waals surface area contributed by atoms with Crippen molar-refractivity contribution in [1.29, 1.82) is 0 Å². The summed E-state index contributed by atoms with van der Waals surface area (Å²) in [6, 6.07) is 0. The summed E-state index contributed by atoms with van der Waals surface area (Å²) < 4.78 is 5.47. The monoisotopic (exact) mass is 424 g/mol. The van der Waals surface area contributed by atoms with Crippen molar-refractivity contribution in [2.75, 3.05) is 13.2 Å². The Labute approximate surface area is 180 Å². The molecule has 0 aromatic heterocycles. The van der Waals surface area contributed by atoms with Gasteiger partial charge in [0, 0.05) is 12.5 Å². The average molecular weight is 425 g/mol. The smallest absolute Gasteiger partial charge is 0.306 e. The first-order valence-electron chi connectivity index (χ1n) is 11.4. The Kier molecular flexibility index (Phi) is 8.51. The molecule has 0 aromatic carbocycles. The molecule has 2 aliphatic carbocycles. The number of hydrogen-bond acceptors (Lipinski definition) is 5. The van der Waals surface area contributed by atoms with Crippen LogP contribution in [0.25, 0.3) is 0 Å². The molecule has 1 fully saturated rings.